The van der Waals surface area contributed by atoms with Gasteiger partial charge < -0.3 is 4.74 Å². The molecule has 10 heteroatoms. The number of sulfonamides is 1. The van der Waals surface area contributed by atoms with E-state index < -0.39 is 21.7 Å². The number of fused-ring (bicyclic) bond motifs is 1. The number of hydrogen-bond acceptors (Lipinski definition) is 6. The number of amides is 1. The molecule has 0 aliphatic rings. The van der Waals surface area contributed by atoms with Gasteiger partial charge in [-0.25, -0.2) is 17.8 Å². The third-order valence-corrected chi connectivity index (χ3v) is 6.71. The van der Waals surface area contributed by atoms with E-state index in [-0.39, 0.29) is 15.6 Å². The minimum Gasteiger partial charge on any atom is -0.494 e. The molecule has 4 rings (SSSR count). The van der Waals surface area contributed by atoms with Gasteiger partial charge in [-0.05, 0) is 67.6 Å². The summed E-state index contributed by atoms with van der Waals surface area (Å²) in [4.78, 5) is 16.8. The van der Waals surface area contributed by atoms with Crippen molar-refractivity contribution in [2.45, 2.75) is 11.8 Å². The minimum absolute atomic E-state index is 0.0644. The number of halogens is 1. The van der Waals surface area contributed by atoms with Crippen molar-refractivity contribution in [3.05, 3.63) is 78.1 Å². The van der Waals surface area contributed by atoms with Gasteiger partial charge >= 0.3 is 0 Å². The van der Waals surface area contributed by atoms with Crippen LogP contribution in [0, 0.1) is 5.82 Å². The maximum atomic E-state index is 13.4. The molecule has 1 amide bonds. The first kappa shape index (κ1) is 21.7. The van der Waals surface area contributed by atoms with Gasteiger partial charge in [0.05, 0.1) is 21.7 Å². The Kier molecular flexibility index (Phi) is 6.06. The molecule has 7 nitrogen and oxygen atoms in total. The standard InChI is InChI=1S/C22H18FN3O4S2/c1-2-30-17-9-7-16(8-10-17)26-32(28,29)18-5-3-4-14(12-18)21(27)25-22-24-19-11-6-15(23)13-20(19)31-22/h3-13,26H,2H2,1H3,(H,24,25,27). The van der Waals surface area contributed by atoms with Crippen LogP contribution in [0.3, 0.4) is 0 Å². The lowest BCUT2D eigenvalue weighted by molar-refractivity contribution is 0.102. The number of ether oxygens (including phenoxy) is 1. The number of nitrogens with zero attached hydrogens (tertiary/aromatic N) is 1. The first-order valence-electron chi connectivity index (χ1n) is 9.57. The predicted octanol–water partition coefficient (Wildman–Crippen LogP) is 4.89. The zero-order valence-corrected chi connectivity index (χ0v) is 18.5. The Balaban J connectivity index is 1.51. The van der Waals surface area contributed by atoms with Crippen LogP contribution in [0.2, 0.25) is 0 Å². The number of carbonyl (C=O) groups is 1. The van der Waals surface area contributed by atoms with Gasteiger partial charge in [-0.15, -0.1) is 0 Å². The van der Waals surface area contributed by atoms with E-state index in [1.54, 1.807) is 24.3 Å². The van der Waals surface area contributed by atoms with Crippen molar-refractivity contribution >= 4 is 48.3 Å². The first-order chi connectivity index (χ1) is 15.3. The van der Waals surface area contributed by atoms with Crippen molar-refractivity contribution in [1.29, 1.82) is 0 Å². The lowest BCUT2D eigenvalue weighted by Gasteiger charge is -2.10. The Morgan fingerprint density at radius 3 is 2.62 bits per heavy atom. The third kappa shape index (κ3) is 4.87. The summed E-state index contributed by atoms with van der Waals surface area (Å²) in [7, 11) is -3.92. The molecule has 0 saturated carbocycles. The van der Waals surface area contributed by atoms with Crippen LogP contribution in [-0.2, 0) is 10.0 Å². The molecule has 3 aromatic carbocycles. The highest BCUT2D eigenvalue weighted by Gasteiger charge is 2.17. The van der Waals surface area contributed by atoms with Crippen LogP contribution in [0.15, 0.2) is 71.6 Å². The van der Waals surface area contributed by atoms with Crippen molar-refractivity contribution in [1.82, 2.24) is 4.98 Å². The molecule has 0 saturated heterocycles. The van der Waals surface area contributed by atoms with Gasteiger partial charge in [0, 0.05) is 11.3 Å². The van der Waals surface area contributed by atoms with Crippen LogP contribution in [0.1, 0.15) is 17.3 Å². The largest absolute Gasteiger partial charge is 0.494 e. The monoisotopic (exact) mass is 471 g/mol. The number of hydrogen-bond donors (Lipinski definition) is 2. The fraction of sp³-hybridized carbons (Fsp3) is 0.0909. The lowest BCUT2D eigenvalue weighted by atomic mass is 10.2. The molecule has 2 N–H and O–H groups in total. The second kappa shape index (κ2) is 8.93. The molecule has 4 aromatic rings. The summed E-state index contributed by atoms with van der Waals surface area (Å²) < 4.78 is 47.3. The van der Waals surface area contributed by atoms with Crippen molar-refractivity contribution < 1.29 is 22.3 Å². The molecular formula is C22H18FN3O4S2. The van der Waals surface area contributed by atoms with Crippen molar-refractivity contribution in [2.75, 3.05) is 16.6 Å². The van der Waals surface area contributed by atoms with Crippen LogP contribution in [-0.4, -0.2) is 25.9 Å². The molecule has 0 aliphatic carbocycles. The highest BCUT2D eigenvalue weighted by atomic mass is 32.2. The van der Waals surface area contributed by atoms with E-state index >= 15 is 0 Å². The average molecular weight is 472 g/mol. The number of nitrogens with one attached hydrogen (secondary N) is 2. The summed E-state index contributed by atoms with van der Waals surface area (Å²) in [6, 6.07) is 16.3. The quantitative estimate of drug-likeness (QED) is 0.400. The summed E-state index contributed by atoms with van der Waals surface area (Å²) in [5.74, 6) is -0.286. The molecule has 0 unspecified atom stereocenters. The highest BCUT2D eigenvalue weighted by Crippen LogP contribution is 2.27. The third-order valence-electron chi connectivity index (χ3n) is 4.40. The van der Waals surface area contributed by atoms with E-state index in [0.717, 1.165) is 11.3 Å². The molecule has 1 heterocycles. The van der Waals surface area contributed by atoms with Crippen LogP contribution in [0.5, 0.6) is 5.75 Å². The van der Waals surface area contributed by atoms with E-state index in [0.29, 0.717) is 28.3 Å². The number of anilines is 2. The first-order valence-corrected chi connectivity index (χ1v) is 11.9. The maximum absolute atomic E-state index is 13.4. The van der Waals surface area contributed by atoms with Gasteiger partial charge in [0.25, 0.3) is 15.9 Å². The van der Waals surface area contributed by atoms with Gasteiger partial charge in [0.15, 0.2) is 5.13 Å². The zero-order chi connectivity index (χ0) is 22.7. The fourth-order valence-corrected chi connectivity index (χ4v) is 4.92. The Bertz CT molecular complexity index is 1390. The fourth-order valence-electron chi connectivity index (χ4n) is 2.93. The van der Waals surface area contributed by atoms with Crippen LogP contribution < -0.4 is 14.8 Å². The van der Waals surface area contributed by atoms with E-state index in [9.17, 15) is 17.6 Å². The summed E-state index contributed by atoms with van der Waals surface area (Å²) in [5.41, 5.74) is 1.07. The maximum Gasteiger partial charge on any atom is 0.261 e. The summed E-state index contributed by atoms with van der Waals surface area (Å²) >= 11 is 1.13. The second-order valence-corrected chi connectivity index (χ2v) is 9.39. The normalized spacial score (nSPS) is 11.3. The van der Waals surface area contributed by atoms with Gasteiger partial charge in [-0.3, -0.25) is 14.8 Å². The van der Waals surface area contributed by atoms with Gasteiger partial charge in [-0.2, -0.15) is 0 Å². The Hall–Kier alpha value is -3.50. The number of benzene rings is 3. The molecule has 32 heavy (non-hydrogen) atoms. The Morgan fingerprint density at radius 1 is 1.09 bits per heavy atom. The molecule has 0 aliphatic heterocycles. The van der Waals surface area contributed by atoms with Crippen LogP contribution in [0.25, 0.3) is 10.2 Å². The highest BCUT2D eigenvalue weighted by molar-refractivity contribution is 7.92. The molecule has 0 fully saturated rings. The van der Waals surface area contributed by atoms with E-state index in [1.165, 1.54) is 42.5 Å². The number of thiazole rings is 1. The number of rotatable bonds is 7. The van der Waals surface area contributed by atoms with Crippen molar-refractivity contribution in [2.24, 2.45) is 0 Å². The van der Waals surface area contributed by atoms with Gasteiger partial charge in [0.2, 0.25) is 0 Å². The molecule has 164 valence electrons. The molecule has 0 bridgehead atoms. The van der Waals surface area contributed by atoms with Crippen molar-refractivity contribution in [3.63, 3.8) is 0 Å². The number of aromatic nitrogens is 1. The van der Waals surface area contributed by atoms with E-state index in [4.69, 9.17) is 4.74 Å². The summed E-state index contributed by atoms with van der Waals surface area (Å²) in [5, 5.41) is 2.92. The SMILES string of the molecule is CCOc1ccc(NS(=O)(=O)c2cccc(C(=O)Nc3nc4ccc(F)cc4s3)c2)cc1. The van der Waals surface area contributed by atoms with E-state index in [1.807, 2.05) is 6.92 Å². The topological polar surface area (TPSA) is 97.4 Å². The molecule has 1 aromatic heterocycles. The second-order valence-electron chi connectivity index (χ2n) is 6.68. The Labute approximate surface area is 187 Å². The molecular weight excluding hydrogens is 453 g/mol. The van der Waals surface area contributed by atoms with Crippen LogP contribution >= 0.6 is 11.3 Å². The molecule has 0 spiro atoms. The molecule has 0 atom stereocenters. The van der Waals surface area contributed by atoms with Crippen molar-refractivity contribution in [3.8, 4) is 5.75 Å². The predicted molar refractivity (Wildman–Crippen MR) is 122 cm³/mol. The van der Waals surface area contributed by atoms with E-state index in [2.05, 4.69) is 15.0 Å². The minimum atomic E-state index is -3.92. The zero-order valence-electron chi connectivity index (χ0n) is 16.8. The summed E-state index contributed by atoms with van der Waals surface area (Å²) in [6.07, 6.45) is 0. The number of carbonyl (C=O) groups excluding carboxylic acids is 1. The van der Waals surface area contributed by atoms with Gasteiger partial charge in [0.1, 0.15) is 11.6 Å². The lowest BCUT2D eigenvalue weighted by Crippen LogP contribution is -2.16. The smallest absolute Gasteiger partial charge is 0.261 e. The average Bonchev–Trinajstić information content (AvgIpc) is 3.16. The summed E-state index contributed by atoms with van der Waals surface area (Å²) in [6.45, 7) is 2.37. The Morgan fingerprint density at radius 2 is 1.88 bits per heavy atom. The van der Waals surface area contributed by atoms with Gasteiger partial charge in [-0.1, -0.05) is 17.4 Å². The van der Waals surface area contributed by atoms with Crippen LogP contribution in [0.4, 0.5) is 15.2 Å². The molecule has 0 radical (unpaired) electrons.